The van der Waals surface area contributed by atoms with Crippen molar-refractivity contribution in [3.63, 3.8) is 0 Å². The second kappa shape index (κ2) is 10.8. The van der Waals surface area contributed by atoms with Crippen molar-refractivity contribution in [2.24, 2.45) is 0 Å². The van der Waals surface area contributed by atoms with Gasteiger partial charge in [-0.1, -0.05) is 72.4 Å². The molecule has 1 heterocycles. The zero-order valence-corrected chi connectivity index (χ0v) is 19.9. The van der Waals surface area contributed by atoms with Gasteiger partial charge in [-0.2, -0.15) is 0 Å². The molecule has 0 unspecified atom stereocenters. The number of imidazole rings is 1. The minimum atomic E-state index is -0.182. The monoisotopic (exact) mass is 475 g/mol. The summed E-state index contributed by atoms with van der Waals surface area (Å²) in [7, 11) is 4.60. The Balaban J connectivity index is 1.52. The Bertz CT molecular complexity index is 1180. The molecule has 0 bridgehead atoms. The molecule has 7 nitrogen and oxygen atoms in total. The van der Waals surface area contributed by atoms with Crippen LogP contribution >= 0.6 is 11.8 Å². The number of hydrogen-bond donors (Lipinski definition) is 2. The standard InChI is InChI=1S/C26H25N3O4S/c1-31-20-14-19(15-21(32-2)25(20)33-3)27-22(30)16-34-26-28-23(17-10-6-4-7-11-17)24(29-26)18-12-8-5-9-13-18/h4-15H,16H2,1-3H3,(H,27,30)(H,28,29). The summed E-state index contributed by atoms with van der Waals surface area (Å²) in [6.07, 6.45) is 0. The summed E-state index contributed by atoms with van der Waals surface area (Å²) in [6.45, 7) is 0. The molecule has 4 rings (SSSR count). The normalized spacial score (nSPS) is 10.6. The maximum atomic E-state index is 12.7. The number of anilines is 1. The molecule has 1 amide bonds. The van der Waals surface area contributed by atoms with E-state index in [0.29, 0.717) is 28.1 Å². The van der Waals surface area contributed by atoms with Crippen molar-refractivity contribution in [1.29, 1.82) is 0 Å². The molecule has 0 atom stereocenters. The van der Waals surface area contributed by atoms with Crippen molar-refractivity contribution >= 4 is 23.4 Å². The fourth-order valence-corrected chi connectivity index (χ4v) is 4.19. The molecule has 8 heteroatoms. The number of amides is 1. The smallest absolute Gasteiger partial charge is 0.234 e. The number of aromatic amines is 1. The summed E-state index contributed by atoms with van der Waals surface area (Å²) >= 11 is 1.33. The van der Waals surface area contributed by atoms with Crippen LogP contribution in [0.2, 0.25) is 0 Å². The number of hydrogen-bond acceptors (Lipinski definition) is 6. The van der Waals surface area contributed by atoms with E-state index in [-0.39, 0.29) is 11.7 Å². The second-order valence-corrected chi connectivity index (χ2v) is 8.21. The number of benzene rings is 3. The first kappa shape index (κ1) is 23.3. The van der Waals surface area contributed by atoms with Crippen LogP contribution in [-0.2, 0) is 4.79 Å². The van der Waals surface area contributed by atoms with E-state index in [4.69, 9.17) is 19.2 Å². The van der Waals surface area contributed by atoms with Gasteiger partial charge >= 0.3 is 0 Å². The Hall–Kier alpha value is -3.91. The van der Waals surface area contributed by atoms with Gasteiger partial charge in [-0.25, -0.2) is 4.98 Å². The summed E-state index contributed by atoms with van der Waals surface area (Å²) in [6, 6.07) is 23.4. The molecular weight excluding hydrogens is 450 g/mol. The van der Waals surface area contributed by atoms with E-state index in [1.165, 1.54) is 33.1 Å². The van der Waals surface area contributed by atoms with Crippen LogP contribution in [0.15, 0.2) is 78.0 Å². The van der Waals surface area contributed by atoms with Gasteiger partial charge in [0.15, 0.2) is 16.7 Å². The number of carbonyl (C=O) groups excluding carboxylic acids is 1. The van der Waals surface area contributed by atoms with Crippen LogP contribution in [0.4, 0.5) is 5.69 Å². The molecule has 4 aromatic rings. The Morgan fingerprint density at radius 1 is 0.882 bits per heavy atom. The Kier molecular flexibility index (Phi) is 7.39. The van der Waals surface area contributed by atoms with Crippen LogP contribution < -0.4 is 19.5 Å². The molecule has 0 aliphatic heterocycles. The van der Waals surface area contributed by atoms with Crippen molar-refractivity contribution in [3.05, 3.63) is 72.8 Å². The number of rotatable bonds is 9. The molecule has 0 spiro atoms. The highest BCUT2D eigenvalue weighted by atomic mass is 32.2. The third-order valence-corrected chi connectivity index (χ3v) is 5.95. The molecule has 0 fully saturated rings. The quantitative estimate of drug-likeness (QED) is 0.311. The highest BCUT2D eigenvalue weighted by molar-refractivity contribution is 7.99. The predicted molar refractivity (Wildman–Crippen MR) is 135 cm³/mol. The van der Waals surface area contributed by atoms with E-state index >= 15 is 0 Å². The van der Waals surface area contributed by atoms with Crippen LogP contribution in [0, 0.1) is 0 Å². The first-order valence-corrected chi connectivity index (χ1v) is 11.5. The van der Waals surface area contributed by atoms with Crippen molar-refractivity contribution < 1.29 is 19.0 Å². The molecule has 1 aromatic heterocycles. The third kappa shape index (κ3) is 5.18. The number of carbonyl (C=O) groups is 1. The molecule has 3 aromatic carbocycles. The van der Waals surface area contributed by atoms with Gasteiger partial charge in [-0.3, -0.25) is 4.79 Å². The lowest BCUT2D eigenvalue weighted by Crippen LogP contribution is -2.14. The van der Waals surface area contributed by atoms with Crippen molar-refractivity contribution in [2.45, 2.75) is 5.16 Å². The Labute approximate surface area is 202 Å². The zero-order chi connectivity index (χ0) is 23.9. The molecule has 174 valence electrons. The number of nitrogens with zero attached hydrogens (tertiary/aromatic N) is 1. The van der Waals surface area contributed by atoms with E-state index in [0.717, 1.165) is 22.5 Å². The zero-order valence-electron chi connectivity index (χ0n) is 19.1. The molecule has 34 heavy (non-hydrogen) atoms. The lowest BCUT2D eigenvalue weighted by molar-refractivity contribution is -0.113. The summed E-state index contributed by atoms with van der Waals surface area (Å²) in [5.74, 6) is 1.40. The van der Waals surface area contributed by atoms with Gasteiger partial charge in [0, 0.05) is 28.9 Å². The van der Waals surface area contributed by atoms with E-state index in [1.54, 1.807) is 12.1 Å². The number of ether oxygens (including phenoxy) is 3. The Morgan fingerprint density at radius 2 is 1.47 bits per heavy atom. The lowest BCUT2D eigenvalue weighted by Gasteiger charge is -2.14. The third-order valence-electron chi connectivity index (χ3n) is 5.08. The number of methoxy groups -OCH3 is 3. The van der Waals surface area contributed by atoms with Gasteiger partial charge < -0.3 is 24.5 Å². The molecule has 0 radical (unpaired) electrons. The van der Waals surface area contributed by atoms with Crippen molar-refractivity contribution in [2.75, 3.05) is 32.4 Å². The van der Waals surface area contributed by atoms with Crippen molar-refractivity contribution in [1.82, 2.24) is 9.97 Å². The number of aromatic nitrogens is 2. The summed E-state index contributed by atoms with van der Waals surface area (Å²) in [5.41, 5.74) is 4.35. The highest BCUT2D eigenvalue weighted by Gasteiger charge is 2.17. The van der Waals surface area contributed by atoms with E-state index < -0.39 is 0 Å². The highest BCUT2D eigenvalue weighted by Crippen LogP contribution is 2.40. The van der Waals surface area contributed by atoms with Crippen molar-refractivity contribution in [3.8, 4) is 39.8 Å². The molecule has 0 saturated heterocycles. The van der Waals surface area contributed by atoms with Gasteiger partial charge in [-0.15, -0.1) is 0 Å². The van der Waals surface area contributed by atoms with Crippen LogP contribution in [0.25, 0.3) is 22.5 Å². The van der Waals surface area contributed by atoms with Gasteiger partial charge in [0.2, 0.25) is 11.7 Å². The maximum absolute atomic E-state index is 12.7. The second-order valence-electron chi connectivity index (χ2n) is 7.25. The topological polar surface area (TPSA) is 85.5 Å². The van der Waals surface area contributed by atoms with Crippen LogP contribution in [0.3, 0.4) is 0 Å². The fraction of sp³-hybridized carbons (Fsp3) is 0.154. The molecule has 0 aliphatic rings. The van der Waals surface area contributed by atoms with Crippen LogP contribution in [-0.4, -0.2) is 43.0 Å². The summed E-state index contributed by atoms with van der Waals surface area (Å²) in [4.78, 5) is 20.9. The number of nitrogens with one attached hydrogen (secondary N) is 2. The van der Waals surface area contributed by atoms with Crippen LogP contribution in [0.1, 0.15) is 0 Å². The van der Waals surface area contributed by atoms with Crippen LogP contribution in [0.5, 0.6) is 17.2 Å². The minimum absolute atomic E-state index is 0.173. The average Bonchev–Trinajstić information content (AvgIpc) is 3.32. The van der Waals surface area contributed by atoms with Gasteiger partial charge in [0.05, 0.1) is 38.5 Å². The average molecular weight is 476 g/mol. The lowest BCUT2D eigenvalue weighted by atomic mass is 10.1. The SMILES string of the molecule is COc1cc(NC(=O)CSc2nc(-c3ccccc3)c(-c3ccccc3)[nH]2)cc(OC)c1OC. The first-order valence-electron chi connectivity index (χ1n) is 10.6. The molecule has 2 N–H and O–H groups in total. The summed E-state index contributed by atoms with van der Waals surface area (Å²) < 4.78 is 16.0. The first-order chi connectivity index (χ1) is 16.6. The maximum Gasteiger partial charge on any atom is 0.234 e. The Morgan fingerprint density at radius 3 is 2.03 bits per heavy atom. The fourth-order valence-electron chi connectivity index (χ4n) is 3.52. The molecular formula is C26H25N3O4S. The number of H-pyrrole nitrogens is 1. The number of thioether (sulfide) groups is 1. The van der Waals surface area contributed by atoms with E-state index in [1.807, 2.05) is 60.7 Å². The van der Waals surface area contributed by atoms with E-state index in [2.05, 4.69) is 10.3 Å². The predicted octanol–water partition coefficient (Wildman–Crippen LogP) is 5.50. The van der Waals surface area contributed by atoms with E-state index in [9.17, 15) is 4.79 Å². The molecule has 0 saturated carbocycles. The largest absolute Gasteiger partial charge is 0.493 e. The minimum Gasteiger partial charge on any atom is -0.493 e. The van der Waals surface area contributed by atoms with Gasteiger partial charge in [0.25, 0.3) is 0 Å². The molecule has 0 aliphatic carbocycles. The van der Waals surface area contributed by atoms with Gasteiger partial charge in [0.1, 0.15) is 0 Å². The van der Waals surface area contributed by atoms with Gasteiger partial charge in [-0.05, 0) is 0 Å². The summed E-state index contributed by atoms with van der Waals surface area (Å²) in [5, 5.41) is 3.55.